The summed E-state index contributed by atoms with van der Waals surface area (Å²) in [4.78, 5) is 99.8. The van der Waals surface area contributed by atoms with Crippen LogP contribution in [-0.4, -0.2) is 119 Å². The van der Waals surface area contributed by atoms with Crippen molar-refractivity contribution in [3.8, 4) is 5.75 Å². The highest BCUT2D eigenvalue weighted by Gasteiger charge is 2.35. The van der Waals surface area contributed by atoms with E-state index < -0.39 is 83.7 Å². The number of urea groups is 1. The lowest BCUT2D eigenvalue weighted by molar-refractivity contribution is -0.142. The highest BCUT2D eigenvalue weighted by Crippen LogP contribution is 2.19. The molecule has 0 radical (unpaired) electrons. The number of phenolic OH excluding ortho intramolecular Hbond substituents is 1. The van der Waals surface area contributed by atoms with E-state index in [1.807, 2.05) is 30.3 Å². The Morgan fingerprint density at radius 1 is 0.918 bits per heavy atom. The number of nitrogens with one attached hydrogen (secondary N) is 6. The number of hydrogen-bond acceptors (Lipinski definition) is 9. The van der Waals surface area contributed by atoms with E-state index in [4.69, 9.17) is 11.5 Å². The summed E-state index contributed by atoms with van der Waals surface area (Å²) < 4.78 is 0. The van der Waals surface area contributed by atoms with Gasteiger partial charge in [0.2, 0.25) is 29.5 Å². The normalized spacial score (nSPS) is 21.6. The second-order valence-corrected chi connectivity index (χ2v) is 15.6. The zero-order chi connectivity index (χ0) is 45.2. The Labute approximate surface area is 356 Å². The summed E-state index contributed by atoms with van der Waals surface area (Å²) in [6, 6.07) is 6.05. The number of phenols is 1. The van der Waals surface area contributed by atoms with Crippen molar-refractivity contribution in [3.63, 3.8) is 0 Å². The molecule has 1 aliphatic heterocycles. The summed E-state index contributed by atoms with van der Waals surface area (Å²) in [5.74, 6) is -5.00. The molecule has 1 fully saturated rings. The molecule has 2 aromatic rings. The van der Waals surface area contributed by atoms with E-state index in [1.54, 1.807) is 32.9 Å². The molecule has 3 rings (SSSR count). The molecule has 19 heteroatoms. The molecule has 61 heavy (non-hydrogen) atoms. The Kier molecular flexibility index (Phi) is 19.3. The molecule has 1 saturated heterocycles. The van der Waals surface area contributed by atoms with Crippen molar-refractivity contribution in [2.45, 2.75) is 115 Å². The number of aliphatic imine (C=N–C) groups is 1. The third-order valence-electron chi connectivity index (χ3n) is 10.5. The Bertz CT molecular complexity index is 1870. The van der Waals surface area contributed by atoms with Crippen LogP contribution in [0.1, 0.15) is 76.0 Å². The van der Waals surface area contributed by atoms with Crippen LogP contribution >= 0.6 is 0 Å². The van der Waals surface area contributed by atoms with Gasteiger partial charge in [-0.15, -0.1) is 0 Å². The second kappa shape index (κ2) is 24.0. The third kappa shape index (κ3) is 15.9. The van der Waals surface area contributed by atoms with Gasteiger partial charge in [-0.25, -0.2) is 9.59 Å². The maximum atomic E-state index is 14.2. The van der Waals surface area contributed by atoms with E-state index in [2.05, 4.69) is 36.9 Å². The van der Waals surface area contributed by atoms with Gasteiger partial charge in [-0.05, 0) is 87.5 Å². The van der Waals surface area contributed by atoms with Crippen LogP contribution in [0.15, 0.2) is 53.5 Å². The van der Waals surface area contributed by atoms with Crippen molar-refractivity contribution in [2.75, 3.05) is 20.1 Å². The molecule has 0 saturated carbocycles. The van der Waals surface area contributed by atoms with E-state index in [9.17, 15) is 43.8 Å². The Balaban J connectivity index is 1.96. The molecule has 1 heterocycles. The molecule has 334 valence electrons. The maximum absolute atomic E-state index is 14.2. The maximum Gasteiger partial charge on any atom is 0.326 e. The number of rotatable bonds is 13. The summed E-state index contributed by atoms with van der Waals surface area (Å²) in [6.07, 6.45) is 1.40. The van der Waals surface area contributed by atoms with Gasteiger partial charge in [-0.3, -0.25) is 29.0 Å². The van der Waals surface area contributed by atoms with Gasteiger partial charge in [0.15, 0.2) is 5.96 Å². The van der Waals surface area contributed by atoms with E-state index in [0.29, 0.717) is 18.4 Å². The first-order chi connectivity index (χ1) is 28.9. The Morgan fingerprint density at radius 3 is 2.25 bits per heavy atom. The van der Waals surface area contributed by atoms with Gasteiger partial charge >= 0.3 is 12.0 Å². The fraction of sp³-hybridized carbons (Fsp3) is 0.524. The molecule has 12 N–H and O–H groups in total. The number of nitrogens with zero attached hydrogens (tertiary/aromatic N) is 2. The van der Waals surface area contributed by atoms with Crippen LogP contribution in [0, 0.1) is 12.8 Å². The summed E-state index contributed by atoms with van der Waals surface area (Å²) in [5, 5.41) is 35.9. The van der Waals surface area contributed by atoms with Gasteiger partial charge in [0.05, 0.1) is 0 Å². The predicted molar refractivity (Wildman–Crippen MR) is 228 cm³/mol. The van der Waals surface area contributed by atoms with Crippen molar-refractivity contribution in [3.05, 3.63) is 65.2 Å². The highest BCUT2D eigenvalue weighted by atomic mass is 16.4. The number of guanidine groups is 1. The number of nitrogens with two attached hydrogens (primary N) is 2. The van der Waals surface area contributed by atoms with Crippen LogP contribution in [0.5, 0.6) is 5.75 Å². The number of carboxylic acid groups (broad SMARTS) is 1. The van der Waals surface area contributed by atoms with Crippen LogP contribution in [0.25, 0.3) is 0 Å². The van der Waals surface area contributed by atoms with Gasteiger partial charge in [0, 0.05) is 26.6 Å². The van der Waals surface area contributed by atoms with E-state index in [-0.39, 0.29) is 63.3 Å². The van der Waals surface area contributed by atoms with Gasteiger partial charge < -0.3 is 58.5 Å². The lowest BCUT2D eigenvalue weighted by Crippen LogP contribution is -2.60. The predicted octanol–water partition coefficient (Wildman–Crippen LogP) is 0.308. The SMILES string of the molecule is Cc1cc(CCC2NC(=O)[C@H](C(C)C)NC(=O)[C@H](NC(=O)N[C@H](CCCN=C(N)N)C(=O)O)CCCCNC(=O)[C@H](Cc3ccccc3)NC(=O)[C@H](C)N(C)C2=O)ccc1O. The van der Waals surface area contributed by atoms with Crippen LogP contribution in [0.2, 0.25) is 0 Å². The number of aryl methyl sites for hydroxylation is 2. The summed E-state index contributed by atoms with van der Waals surface area (Å²) in [6.45, 7) is 6.91. The number of amides is 7. The van der Waals surface area contributed by atoms with Gasteiger partial charge in [-0.2, -0.15) is 0 Å². The van der Waals surface area contributed by atoms with E-state index >= 15 is 0 Å². The first kappa shape index (κ1) is 49.0. The summed E-state index contributed by atoms with van der Waals surface area (Å²) in [5.41, 5.74) is 12.9. The number of aliphatic carboxylic acids is 1. The smallest absolute Gasteiger partial charge is 0.326 e. The van der Waals surface area contributed by atoms with Gasteiger partial charge in [0.1, 0.15) is 42.0 Å². The van der Waals surface area contributed by atoms with Crippen LogP contribution in [0.4, 0.5) is 4.79 Å². The molecule has 7 amide bonds. The monoisotopic (exact) mass is 850 g/mol. The van der Waals surface area contributed by atoms with Crippen molar-refractivity contribution in [1.82, 2.24) is 36.8 Å². The van der Waals surface area contributed by atoms with Crippen molar-refractivity contribution in [2.24, 2.45) is 22.4 Å². The first-order valence-electron chi connectivity index (χ1n) is 20.5. The Morgan fingerprint density at radius 2 is 1.61 bits per heavy atom. The number of carboxylic acids is 1. The topological polar surface area (TPSA) is 300 Å². The number of aromatic hydroxyl groups is 1. The molecule has 6 atom stereocenters. The fourth-order valence-corrected chi connectivity index (χ4v) is 6.65. The number of hydrogen-bond donors (Lipinski definition) is 10. The highest BCUT2D eigenvalue weighted by molar-refractivity contribution is 5.96. The minimum Gasteiger partial charge on any atom is -0.508 e. The molecule has 1 aliphatic rings. The third-order valence-corrected chi connectivity index (χ3v) is 10.5. The van der Waals surface area contributed by atoms with Crippen molar-refractivity contribution < 1.29 is 43.8 Å². The van der Waals surface area contributed by atoms with Crippen LogP contribution in [-0.2, 0) is 41.6 Å². The van der Waals surface area contributed by atoms with E-state index in [1.165, 1.54) is 24.9 Å². The largest absolute Gasteiger partial charge is 0.508 e. The minimum absolute atomic E-state index is 0.0163. The molecule has 2 aromatic carbocycles. The standard InChI is InChI=1S/C42H62N10O9/c1-24(2)34-38(57)47-30(18-16-28-17-19-33(53)25(3)22-28)39(58)52(5)26(4)35(54)48-32(23-27-12-7-6-8-13-27)36(55)45-20-10-9-14-29(37(56)51-34)49-42(61)50-31(40(59)60)15-11-21-46-41(43)44/h6-8,12-13,17,19,22,24,26,29-32,34,53H,9-11,14-16,18,20-21,23H2,1-5H3,(H,45,55)(H,47,57)(H,48,54)(H,51,56)(H,59,60)(H4,43,44,46)(H2,49,50,61)/t26-,29+,30?,31+,32-,34-/m0/s1. The molecular weight excluding hydrogens is 789 g/mol. The molecule has 0 spiro atoms. The zero-order valence-electron chi connectivity index (χ0n) is 35.5. The van der Waals surface area contributed by atoms with Crippen LogP contribution < -0.4 is 43.4 Å². The zero-order valence-corrected chi connectivity index (χ0v) is 35.5. The lowest BCUT2D eigenvalue weighted by Gasteiger charge is -2.31. The van der Waals surface area contributed by atoms with Crippen molar-refractivity contribution >= 4 is 47.5 Å². The second-order valence-electron chi connectivity index (χ2n) is 15.6. The number of carbonyl (C=O) groups excluding carboxylic acids is 6. The fourth-order valence-electron chi connectivity index (χ4n) is 6.65. The Hall–Kier alpha value is -6.40. The van der Waals surface area contributed by atoms with Gasteiger partial charge in [0.25, 0.3) is 0 Å². The van der Waals surface area contributed by atoms with E-state index in [0.717, 1.165) is 11.1 Å². The molecule has 0 aromatic heterocycles. The lowest BCUT2D eigenvalue weighted by atomic mass is 9.99. The summed E-state index contributed by atoms with van der Waals surface area (Å²) >= 11 is 0. The molecule has 1 unspecified atom stereocenters. The number of likely N-dealkylation sites (N-methyl/N-ethyl adjacent to an activating group) is 1. The summed E-state index contributed by atoms with van der Waals surface area (Å²) in [7, 11) is 1.42. The quantitative estimate of drug-likeness (QED) is 0.0743. The number of benzene rings is 2. The molecule has 19 nitrogen and oxygen atoms in total. The average Bonchev–Trinajstić information content (AvgIpc) is 3.21. The van der Waals surface area contributed by atoms with Crippen LogP contribution in [0.3, 0.4) is 0 Å². The first-order valence-corrected chi connectivity index (χ1v) is 20.5. The molecular formula is C42H62N10O9. The average molecular weight is 851 g/mol. The molecule has 0 bridgehead atoms. The number of carbonyl (C=O) groups is 7. The van der Waals surface area contributed by atoms with Crippen molar-refractivity contribution in [1.29, 1.82) is 0 Å². The molecule has 0 aliphatic carbocycles. The van der Waals surface area contributed by atoms with Gasteiger partial charge in [-0.1, -0.05) is 56.3 Å². The minimum atomic E-state index is -1.34.